The molecule has 0 spiro atoms. The predicted molar refractivity (Wildman–Crippen MR) is 113 cm³/mol. The van der Waals surface area contributed by atoms with Crippen molar-refractivity contribution in [2.75, 3.05) is 0 Å². The molecule has 1 aromatic carbocycles. The van der Waals surface area contributed by atoms with Crippen LogP contribution in [0.4, 0.5) is 0 Å². The molecule has 4 atom stereocenters. The van der Waals surface area contributed by atoms with Crippen LogP contribution in [0.25, 0.3) is 22.3 Å². The molecule has 2 bridgehead atoms. The van der Waals surface area contributed by atoms with Crippen LogP contribution in [-0.2, 0) is 18.3 Å². The van der Waals surface area contributed by atoms with E-state index in [1.165, 1.54) is 0 Å². The standard InChI is InChI=1S/C23H24N6O/c1-29-13-26-20-10-17(12-25-22(20)29)15-4-2-14(3-5-15)8-19(11-24)28-23(30)21-16-6-7-18(9-16)27-21/h2-5,10,12-13,16,18-19,21,27H,6-9H2,1H3,(H,28,30)/t16-,18+,19-,21-/m0/s1. The molecule has 2 aliphatic rings. The van der Waals surface area contributed by atoms with E-state index < -0.39 is 6.04 Å². The second kappa shape index (κ2) is 7.54. The summed E-state index contributed by atoms with van der Waals surface area (Å²) in [6.07, 6.45) is 7.43. The maximum absolute atomic E-state index is 12.6. The van der Waals surface area contributed by atoms with Crippen LogP contribution in [0.5, 0.6) is 0 Å². The number of carbonyl (C=O) groups excluding carboxylic acids is 1. The molecule has 5 rings (SSSR count). The number of fused-ring (bicyclic) bond motifs is 3. The number of nitrogens with one attached hydrogen (secondary N) is 2. The minimum absolute atomic E-state index is 0.0416. The molecular weight excluding hydrogens is 376 g/mol. The zero-order chi connectivity index (χ0) is 20.7. The molecule has 2 N–H and O–H groups in total. The molecule has 30 heavy (non-hydrogen) atoms. The normalized spacial score (nSPS) is 23.4. The van der Waals surface area contributed by atoms with Gasteiger partial charge in [-0.2, -0.15) is 5.26 Å². The number of imidazole rings is 1. The third kappa shape index (κ3) is 3.44. The van der Waals surface area contributed by atoms with Crippen molar-refractivity contribution < 1.29 is 4.79 Å². The SMILES string of the molecule is Cn1cnc2cc(-c3ccc(C[C@@H](C#N)NC(=O)[C@H]4N[C@@H]5CC[C@H]4C5)cc3)cnc21. The van der Waals surface area contributed by atoms with Crippen LogP contribution in [0, 0.1) is 17.2 Å². The summed E-state index contributed by atoms with van der Waals surface area (Å²) in [6, 6.07) is 12.1. The van der Waals surface area contributed by atoms with Crippen molar-refractivity contribution >= 4 is 17.1 Å². The van der Waals surface area contributed by atoms with Gasteiger partial charge in [-0.3, -0.25) is 4.79 Å². The van der Waals surface area contributed by atoms with Gasteiger partial charge in [0, 0.05) is 31.3 Å². The predicted octanol–water partition coefficient (Wildman–Crippen LogP) is 2.33. The van der Waals surface area contributed by atoms with Crippen molar-refractivity contribution in [1.29, 1.82) is 5.26 Å². The van der Waals surface area contributed by atoms with E-state index in [1.807, 2.05) is 48.1 Å². The van der Waals surface area contributed by atoms with Crippen molar-refractivity contribution in [2.45, 2.75) is 43.8 Å². The van der Waals surface area contributed by atoms with E-state index in [-0.39, 0.29) is 11.9 Å². The lowest BCUT2D eigenvalue weighted by Crippen LogP contribution is -2.50. The smallest absolute Gasteiger partial charge is 0.238 e. The van der Waals surface area contributed by atoms with Gasteiger partial charge in [-0.25, -0.2) is 9.97 Å². The number of amides is 1. The van der Waals surface area contributed by atoms with E-state index in [9.17, 15) is 10.1 Å². The Kier molecular flexibility index (Phi) is 4.72. The van der Waals surface area contributed by atoms with E-state index in [0.717, 1.165) is 47.1 Å². The number of pyridine rings is 1. The van der Waals surface area contributed by atoms with Crippen LogP contribution in [-0.4, -0.2) is 38.6 Å². The number of nitrogens with zero attached hydrogens (tertiary/aromatic N) is 4. The van der Waals surface area contributed by atoms with Gasteiger partial charge >= 0.3 is 0 Å². The highest BCUT2D eigenvalue weighted by Crippen LogP contribution is 2.35. The average molecular weight is 400 g/mol. The Morgan fingerprint density at radius 1 is 1.30 bits per heavy atom. The summed E-state index contributed by atoms with van der Waals surface area (Å²) >= 11 is 0. The van der Waals surface area contributed by atoms with E-state index >= 15 is 0 Å². The lowest BCUT2D eigenvalue weighted by molar-refractivity contribution is -0.124. The molecule has 3 heterocycles. The summed E-state index contributed by atoms with van der Waals surface area (Å²) in [5.41, 5.74) is 4.77. The minimum atomic E-state index is -0.532. The van der Waals surface area contributed by atoms with Crippen LogP contribution in [0.15, 0.2) is 42.9 Å². The highest BCUT2D eigenvalue weighted by molar-refractivity contribution is 5.83. The van der Waals surface area contributed by atoms with E-state index in [0.29, 0.717) is 18.4 Å². The van der Waals surface area contributed by atoms with Gasteiger partial charge in [0.2, 0.25) is 5.91 Å². The van der Waals surface area contributed by atoms with Gasteiger partial charge in [0.15, 0.2) is 5.65 Å². The number of hydrogen-bond donors (Lipinski definition) is 2. The van der Waals surface area contributed by atoms with Crippen LogP contribution in [0.2, 0.25) is 0 Å². The third-order valence-corrected chi connectivity index (χ3v) is 6.39. The molecule has 7 heteroatoms. The second-order valence-electron chi connectivity index (χ2n) is 8.43. The molecule has 1 aliphatic carbocycles. The van der Waals surface area contributed by atoms with Gasteiger partial charge < -0.3 is 15.2 Å². The molecule has 1 saturated heterocycles. The number of nitriles is 1. The molecule has 0 radical (unpaired) electrons. The molecule has 1 aliphatic heterocycles. The zero-order valence-corrected chi connectivity index (χ0v) is 16.9. The molecule has 1 amide bonds. The maximum atomic E-state index is 12.6. The molecule has 2 fully saturated rings. The third-order valence-electron chi connectivity index (χ3n) is 6.39. The Morgan fingerprint density at radius 2 is 2.13 bits per heavy atom. The van der Waals surface area contributed by atoms with E-state index in [1.54, 1.807) is 6.33 Å². The van der Waals surface area contributed by atoms with Gasteiger partial charge in [-0.1, -0.05) is 24.3 Å². The van der Waals surface area contributed by atoms with E-state index in [4.69, 9.17) is 0 Å². The first-order valence-corrected chi connectivity index (χ1v) is 10.4. The Bertz CT molecular complexity index is 1130. The number of benzene rings is 1. The molecule has 7 nitrogen and oxygen atoms in total. The first kappa shape index (κ1) is 18.8. The fraction of sp³-hybridized carbons (Fsp3) is 0.391. The van der Waals surface area contributed by atoms with Crippen LogP contribution in [0.3, 0.4) is 0 Å². The van der Waals surface area contributed by atoms with Crippen LogP contribution in [0.1, 0.15) is 24.8 Å². The number of piperidine rings is 1. The number of rotatable bonds is 5. The number of aryl methyl sites for hydroxylation is 1. The van der Waals surface area contributed by atoms with E-state index in [2.05, 4.69) is 26.7 Å². The fourth-order valence-electron chi connectivity index (χ4n) is 4.78. The molecule has 1 saturated carbocycles. The molecule has 152 valence electrons. The highest BCUT2D eigenvalue weighted by Gasteiger charge is 2.43. The summed E-state index contributed by atoms with van der Waals surface area (Å²) in [6.45, 7) is 0. The summed E-state index contributed by atoms with van der Waals surface area (Å²) in [7, 11) is 1.93. The van der Waals surface area contributed by atoms with Crippen molar-refractivity contribution in [3.8, 4) is 17.2 Å². The minimum Gasteiger partial charge on any atom is -0.339 e. The Labute approximate surface area is 175 Å². The second-order valence-corrected chi connectivity index (χ2v) is 8.43. The first-order valence-electron chi connectivity index (χ1n) is 10.4. The molecule has 2 aromatic heterocycles. The topological polar surface area (TPSA) is 95.6 Å². The van der Waals surface area contributed by atoms with Crippen molar-refractivity contribution in [2.24, 2.45) is 13.0 Å². The number of aromatic nitrogens is 3. The Hall–Kier alpha value is -3.24. The lowest BCUT2D eigenvalue weighted by atomic mass is 9.98. The summed E-state index contributed by atoms with van der Waals surface area (Å²) < 4.78 is 1.89. The zero-order valence-electron chi connectivity index (χ0n) is 16.9. The van der Waals surface area contributed by atoms with Crippen LogP contribution >= 0.6 is 0 Å². The quantitative estimate of drug-likeness (QED) is 0.685. The maximum Gasteiger partial charge on any atom is 0.238 e. The largest absolute Gasteiger partial charge is 0.339 e. The fourth-order valence-corrected chi connectivity index (χ4v) is 4.78. The molecular formula is C23H24N6O. The van der Waals surface area contributed by atoms with Gasteiger partial charge in [0.05, 0.1) is 18.4 Å². The summed E-state index contributed by atoms with van der Waals surface area (Å²) in [5, 5.41) is 15.9. The lowest BCUT2D eigenvalue weighted by Gasteiger charge is -2.23. The Balaban J connectivity index is 1.25. The van der Waals surface area contributed by atoms with Crippen molar-refractivity contribution in [1.82, 2.24) is 25.2 Å². The number of hydrogen-bond acceptors (Lipinski definition) is 5. The average Bonchev–Trinajstić information content (AvgIpc) is 3.50. The summed E-state index contributed by atoms with van der Waals surface area (Å²) in [5.74, 6) is 0.374. The number of carbonyl (C=O) groups is 1. The van der Waals surface area contributed by atoms with Crippen molar-refractivity contribution in [3.05, 3.63) is 48.4 Å². The summed E-state index contributed by atoms with van der Waals surface area (Å²) in [4.78, 5) is 21.5. The van der Waals surface area contributed by atoms with Gasteiger partial charge in [-0.15, -0.1) is 0 Å². The molecule has 3 aromatic rings. The monoisotopic (exact) mass is 400 g/mol. The van der Waals surface area contributed by atoms with Gasteiger partial charge in [-0.05, 0) is 42.4 Å². The molecule has 0 unspecified atom stereocenters. The highest BCUT2D eigenvalue weighted by atomic mass is 16.2. The van der Waals surface area contributed by atoms with Crippen molar-refractivity contribution in [3.63, 3.8) is 0 Å². The Morgan fingerprint density at radius 3 is 2.83 bits per heavy atom. The van der Waals surface area contributed by atoms with Gasteiger partial charge in [0.1, 0.15) is 11.6 Å². The first-order chi connectivity index (χ1) is 14.6. The van der Waals surface area contributed by atoms with Crippen LogP contribution < -0.4 is 10.6 Å². The van der Waals surface area contributed by atoms with Gasteiger partial charge in [0.25, 0.3) is 0 Å².